The number of amides is 3. The van der Waals surface area contributed by atoms with Crippen LogP contribution in [0.15, 0.2) is 54.9 Å². The molecule has 1 fully saturated rings. The van der Waals surface area contributed by atoms with Crippen LogP contribution in [0.5, 0.6) is 0 Å². The molecule has 0 radical (unpaired) electrons. The minimum Gasteiger partial charge on any atom is -0.351 e. The Hall–Kier alpha value is -4.20. The van der Waals surface area contributed by atoms with E-state index < -0.39 is 11.9 Å². The summed E-state index contributed by atoms with van der Waals surface area (Å²) in [4.78, 5) is 38.5. The number of carbonyl (C=O) groups is 3. The molecule has 0 bridgehead atoms. The van der Waals surface area contributed by atoms with E-state index in [-0.39, 0.29) is 18.2 Å². The normalized spacial score (nSPS) is 18.0. The van der Waals surface area contributed by atoms with Gasteiger partial charge in [0.05, 0.1) is 11.9 Å². The maximum Gasteiger partial charge on any atom is 0.255 e. The van der Waals surface area contributed by atoms with Crippen molar-refractivity contribution in [1.29, 1.82) is 0 Å². The quantitative estimate of drug-likeness (QED) is 0.483. The van der Waals surface area contributed by atoms with Gasteiger partial charge in [0.2, 0.25) is 11.8 Å². The third kappa shape index (κ3) is 3.06. The summed E-state index contributed by atoms with van der Waals surface area (Å²) in [5, 5.41) is 8.05. The second-order valence-corrected chi connectivity index (χ2v) is 9.00. The first kappa shape index (κ1) is 20.4. The number of nitrogens with zero attached hydrogens (tertiary/aromatic N) is 4. The van der Waals surface area contributed by atoms with Crippen LogP contribution in [0.25, 0.3) is 33.3 Å². The summed E-state index contributed by atoms with van der Waals surface area (Å²) in [5.74, 6) is -0.856. The van der Waals surface area contributed by atoms with Crippen LogP contribution in [0.4, 0.5) is 0 Å². The van der Waals surface area contributed by atoms with Crippen molar-refractivity contribution in [2.24, 2.45) is 14.1 Å². The molecule has 1 atom stereocenters. The predicted octanol–water partition coefficient (Wildman–Crippen LogP) is 3.01. The average molecular weight is 454 g/mol. The van der Waals surface area contributed by atoms with Gasteiger partial charge in [-0.2, -0.15) is 5.10 Å². The van der Waals surface area contributed by atoms with Crippen LogP contribution < -0.4 is 5.32 Å². The van der Waals surface area contributed by atoms with Crippen molar-refractivity contribution < 1.29 is 14.4 Å². The molecule has 4 aromatic rings. The summed E-state index contributed by atoms with van der Waals surface area (Å²) in [6, 6.07) is 13.6. The third-order valence-electron chi connectivity index (χ3n) is 6.93. The van der Waals surface area contributed by atoms with E-state index in [2.05, 4.69) is 39.2 Å². The minimum absolute atomic E-state index is 0.170. The molecule has 0 unspecified atom stereocenters. The summed E-state index contributed by atoms with van der Waals surface area (Å²) in [6.45, 7) is 0.346. The SMILES string of the molecule is Cn1ncc(-c2ccc3c(c2)CN([C@H]2CCC(=O)NC2=O)C3=O)c1-c1ccc2ccn(C)c2c1. The zero-order valence-corrected chi connectivity index (χ0v) is 18.9. The Kier molecular flexibility index (Phi) is 4.45. The lowest BCUT2D eigenvalue weighted by atomic mass is 9.98. The molecule has 0 aliphatic carbocycles. The van der Waals surface area contributed by atoms with Gasteiger partial charge in [0.15, 0.2) is 0 Å². The van der Waals surface area contributed by atoms with E-state index in [1.807, 2.05) is 49.4 Å². The predicted molar refractivity (Wildman–Crippen MR) is 127 cm³/mol. The molecular formula is C26H23N5O3. The van der Waals surface area contributed by atoms with Crippen molar-refractivity contribution >= 4 is 28.6 Å². The van der Waals surface area contributed by atoms with E-state index in [4.69, 9.17) is 0 Å². The number of rotatable bonds is 3. The van der Waals surface area contributed by atoms with Crippen molar-refractivity contribution in [3.05, 3.63) is 66.0 Å². The van der Waals surface area contributed by atoms with Gasteiger partial charge < -0.3 is 9.47 Å². The van der Waals surface area contributed by atoms with Crippen LogP contribution in [-0.4, -0.2) is 43.0 Å². The van der Waals surface area contributed by atoms with Crippen molar-refractivity contribution in [3.63, 3.8) is 0 Å². The molecule has 2 aliphatic heterocycles. The lowest BCUT2D eigenvalue weighted by Gasteiger charge is -2.29. The minimum atomic E-state index is -0.619. The topological polar surface area (TPSA) is 89.2 Å². The molecule has 0 spiro atoms. The highest BCUT2D eigenvalue weighted by Crippen LogP contribution is 2.36. The smallest absolute Gasteiger partial charge is 0.255 e. The Morgan fingerprint density at radius 2 is 1.79 bits per heavy atom. The highest BCUT2D eigenvalue weighted by molar-refractivity contribution is 6.05. The number of hydrogen-bond donors (Lipinski definition) is 1. The van der Waals surface area contributed by atoms with Gasteiger partial charge >= 0.3 is 0 Å². The molecule has 1 saturated heterocycles. The molecule has 8 heteroatoms. The van der Waals surface area contributed by atoms with Crippen LogP contribution in [0.1, 0.15) is 28.8 Å². The monoisotopic (exact) mass is 453 g/mol. The summed E-state index contributed by atoms with van der Waals surface area (Å²) in [6.07, 6.45) is 4.49. The number of aromatic nitrogens is 3. The first-order valence-corrected chi connectivity index (χ1v) is 11.3. The Balaban J connectivity index is 1.37. The Morgan fingerprint density at radius 1 is 0.971 bits per heavy atom. The van der Waals surface area contributed by atoms with Gasteiger partial charge in [-0.05, 0) is 47.2 Å². The number of fused-ring (bicyclic) bond motifs is 2. The van der Waals surface area contributed by atoms with E-state index in [0.717, 1.165) is 33.5 Å². The van der Waals surface area contributed by atoms with Crippen molar-refractivity contribution in [2.45, 2.75) is 25.4 Å². The third-order valence-corrected chi connectivity index (χ3v) is 6.93. The van der Waals surface area contributed by atoms with E-state index in [1.165, 1.54) is 5.39 Å². The van der Waals surface area contributed by atoms with Gasteiger partial charge in [0.1, 0.15) is 6.04 Å². The molecule has 2 aromatic heterocycles. The standard InChI is InChI=1S/C26H23N5O3/c1-29-10-9-15-3-4-17(12-22(15)29)24-20(13-27-30(24)2)16-5-6-19-18(11-16)14-31(26(19)34)21-7-8-23(32)28-25(21)33/h3-6,9-13,21H,7-8,14H2,1-2H3,(H,28,32,33)/t21-/m0/s1. The molecule has 8 nitrogen and oxygen atoms in total. The lowest BCUT2D eigenvalue weighted by molar-refractivity contribution is -0.136. The van der Waals surface area contributed by atoms with Crippen LogP contribution in [0.3, 0.4) is 0 Å². The van der Waals surface area contributed by atoms with Crippen LogP contribution in [-0.2, 0) is 30.2 Å². The number of imide groups is 1. The Morgan fingerprint density at radius 3 is 2.62 bits per heavy atom. The molecule has 4 heterocycles. The fraction of sp³-hybridized carbons (Fsp3) is 0.231. The van der Waals surface area contributed by atoms with Gasteiger partial charge in [-0.25, -0.2) is 0 Å². The van der Waals surface area contributed by atoms with Gasteiger partial charge in [0, 0.05) is 55.5 Å². The van der Waals surface area contributed by atoms with Crippen molar-refractivity contribution in [3.8, 4) is 22.4 Å². The number of nitrogens with one attached hydrogen (secondary N) is 1. The molecule has 34 heavy (non-hydrogen) atoms. The van der Waals surface area contributed by atoms with E-state index >= 15 is 0 Å². The van der Waals surface area contributed by atoms with Crippen LogP contribution in [0.2, 0.25) is 0 Å². The summed E-state index contributed by atoms with van der Waals surface area (Å²) < 4.78 is 3.97. The Bertz CT molecular complexity index is 1510. The maximum atomic E-state index is 13.0. The number of carbonyl (C=O) groups excluding carboxylic acids is 3. The highest BCUT2D eigenvalue weighted by atomic mass is 16.2. The zero-order chi connectivity index (χ0) is 23.6. The fourth-order valence-electron chi connectivity index (χ4n) is 5.14. The second-order valence-electron chi connectivity index (χ2n) is 9.00. The van der Waals surface area contributed by atoms with E-state index in [0.29, 0.717) is 18.5 Å². The molecule has 3 amide bonds. The zero-order valence-electron chi connectivity index (χ0n) is 18.9. The molecule has 6 rings (SSSR count). The Labute approximate surface area is 195 Å². The lowest BCUT2D eigenvalue weighted by Crippen LogP contribution is -2.52. The van der Waals surface area contributed by atoms with Crippen molar-refractivity contribution in [2.75, 3.05) is 0 Å². The molecule has 2 aliphatic rings. The highest BCUT2D eigenvalue weighted by Gasteiger charge is 2.39. The summed E-state index contributed by atoms with van der Waals surface area (Å²) in [5.41, 5.74) is 6.62. The maximum absolute atomic E-state index is 13.0. The van der Waals surface area contributed by atoms with Gasteiger partial charge in [-0.15, -0.1) is 0 Å². The second kappa shape index (κ2) is 7.41. The van der Waals surface area contributed by atoms with Gasteiger partial charge in [-0.3, -0.25) is 24.4 Å². The van der Waals surface area contributed by atoms with Crippen molar-refractivity contribution in [1.82, 2.24) is 24.6 Å². The molecule has 1 N–H and O–H groups in total. The average Bonchev–Trinajstić information content (AvgIpc) is 3.49. The number of benzene rings is 2. The summed E-state index contributed by atoms with van der Waals surface area (Å²) >= 11 is 0. The fourth-order valence-corrected chi connectivity index (χ4v) is 5.14. The van der Waals surface area contributed by atoms with E-state index in [1.54, 1.807) is 4.90 Å². The van der Waals surface area contributed by atoms with Gasteiger partial charge in [-0.1, -0.05) is 18.2 Å². The number of piperidine rings is 1. The first-order valence-electron chi connectivity index (χ1n) is 11.3. The first-order chi connectivity index (χ1) is 16.4. The van der Waals surface area contributed by atoms with Crippen LogP contribution in [0, 0.1) is 0 Å². The number of aryl methyl sites for hydroxylation is 2. The molecular weight excluding hydrogens is 430 g/mol. The largest absolute Gasteiger partial charge is 0.351 e. The molecule has 170 valence electrons. The summed E-state index contributed by atoms with van der Waals surface area (Å²) in [7, 11) is 3.96. The number of hydrogen-bond acceptors (Lipinski definition) is 4. The molecule has 0 saturated carbocycles. The van der Waals surface area contributed by atoms with Crippen LogP contribution >= 0.6 is 0 Å². The van der Waals surface area contributed by atoms with E-state index in [9.17, 15) is 14.4 Å². The van der Waals surface area contributed by atoms with Gasteiger partial charge in [0.25, 0.3) is 5.91 Å². The molecule has 2 aromatic carbocycles.